The van der Waals surface area contributed by atoms with Crippen molar-refractivity contribution in [1.29, 1.82) is 0 Å². The standard InChI is InChI=1S/C19H18N2O4S/c1-23-14-11-16(25-3)15(24-2)9-12(14)10-17-18(22)21-19(26-17)20-13-7-5-4-6-8-13/h4-11H,1-3H3,(H,20,21,22)/b17-10-. The number of methoxy groups -OCH3 is 3. The highest BCUT2D eigenvalue weighted by Crippen LogP contribution is 2.37. The Bertz CT molecular complexity index is 879. The molecule has 0 radical (unpaired) electrons. The van der Waals surface area contributed by atoms with Crippen LogP contribution in [0.3, 0.4) is 0 Å². The Kier molecular flexibility index (Phi) is 5.48. The molecule has 26 heavy (non-hydrogen) atoms. The van der Waals surface area contributed by atoms with Crippen molar-refractivity contribution in [3.05, 3.63) is 52.9 Å². The first-order valence-electron chi connectivity index (χ1n) is 7.79. The second-order valence-electron chi connectivity index (χ2n) is 5.27. The smallest absolute Gasteiger partial charge is 0.264 e. The average Bonchev–Trinajstić information content (AvgIpc) is 3.01. The van der Waals surface area contributed by atoms with E-state index in [-0.39, 0.29) is 5.91 Å². The maximum absolute atomic E-state index is 12.3. The highest BCUT2D eigenvalue weighted by atomic mass is 32.2. The summed E-state index contributed by atoms with van der Waals surface area (Å²) in [5.41, 5.74) is 1.49. The lowest BCUT2D eigenvalue weighted by molar-refractivity contribution is -0.115. The van der Waals surface area contributed by atoms with Gasteiger partial charge in [0.1, 0.15) is 5.75 Å². The molecule has 1 N–H and O–H groups in total. The molecule has 0 spiro atoms. The fourth-order valence-electron chi connectivity index (χ4n) is 2.41. The Labute approximate surface area is 155 Å². The van der Waals surface area contributed by atoms with Crippen molar-refractivity contribution < 1.29 is 19.0 Å². The van der Waals surface area contributed by atoms with Crippen molar-refractivity contribution in [3.63, 3.8) is 0 Å². The van der Waals surface area contributed by atoms with E-state index in [1.807, 2.05) is 30.3 Å². The molecule has 0 bridgehead atoms. The fraction of sp³-hybridized carbons (Fsp3) is 0.158. The van der Waals surface area contributed by atoms with Gasteiger partial charge in [-0.15, -0.1) is 0 Å². The van der Waals surface area contributed by atoms with Crippen LogP contribution in [0.15, 0.2) is 52.4 Å². The first kappa shape index (κ1) is 17.9. The maximum Gasteiger partial charge on any atom is 0.264 e. The number of rotatable bonds is 5. The van der Waals surface area contributed by atoms with E-state index < -0.39 is 0 Å². The zero-order chi connectivity index (χ0) is 18.5. The summed E-state index contributed by atoms with van der Waals surface area (Å²) in [6, 6.07) is 12.9. The fourth-order valence-corrected chi connectivity index (χ4v) is 3.24. The minimum Gasteiger partial charge on any atom is -0.496 e. The van der Waals surface area contributed by atoms with Crippen LogP contribution in [0.5, 0.6) is 17.2 Å². The highest BCUT2D eigenvalue weighted by Gasteiger charge is 2.24. The van der Waals surface area contributed by atoms with E-state index in [0.717, 1.165) is 5.69 Å². The topological polar surface area (TPSA) is 69.2 Å². The molecule has 0 unspecified atom stereocenters. The zero-order valence-electron chi connectivity index (χ0n) is 14.6. The molecule has 1 heterocycles. The Morgan fingerprint density at radius 1 is 0.962 bits per heavy atom. The first-order valence-corrected chi connectivity index (χ1v) is 8.61. The number of thioether (sulfide) groups is 1. The molecule has 1 aliphatic rings. The number of carbonyl (C=O) groups excluding carboxylic acids is 1. The summed E-state index contributed by atoms with van der Waals surface area (Å²) in [7, 11) is 4.68. The Morgan fingerprint density at radius 3 is 2.27 bits per heavy atom. The number of nitrogens with zero attached hydrogens (tertiary/aromatic N) is 1. The van der Waals surface area contributed by atoms with E-state index in [1.54, 1.807) is 39.5 Å². The van der Waals surface area contributed by atoms with Crippen LogP contribution in [-0.2, 0) is 4.79 Å². The molecular formula is C19H18N2O4S. The lowest BCUT2D eigenvalue weighted by Gasteiger charge is -2.12. The molecule has 7 heteroatoms. The van der Waals surface area contributed by atoms with Gasteiger partial charge in [0.15, 0.2) is 16.7 Å². The number of para-hydroxylation sites is 1. The number of hydrogen-bond acceptors (Lipinski definition) is 6. The van der Waals surface area contributed by atoms with Gasteiger partial charge in [0.25, 0.3) is 5.91 Å². The molecule has 0 saturated carbocycles. The summed E-state index contributed by atoms with van der Waals surface area (Å²) in [5, 5.41) is 3.30. The van der Waals surface area contributed by atoms with Crippen molar-refractivity contribution in [2.75, 3.05) is 21.3 Å². The quantitative estimate of drug-likeness (QED) is 0.815. The van der Waals surface area contributed by atoms with Crippen LogP contribution in [0.2, 0.25) is 0 Å². The molecule has 0 atom stereocenters. The van der Waals surface area contributed by atoms with E-state index >= 15 is 0 Å². The van der Waals surface area contributed by atoms with E-state index in [2.05, 4.69) is 10.3 Å². The van der Waals surface area contributed by atoms with Crippen molar-refractivity contribution in [1.82, 2.24) is 5.32 Å². The minimum absolute atomic E-state index is 0.207. The largest absolute Gasteiger partial charge is 0.496 e. The molecule has 1 saturated heterocycles. The minimum atomic E-state index is -0.207. The molecule has 1 fully saturated rings. The predicted molar refractivity (Wildman–Crippen MR) is 103 cm³/mol. The number of nitrogens with one attached hydrogen (secondary N) is 1. The van der Waals surface area contributed by atoms with E-state index in [9.17, 15) is 4.79 Å². The van der Waals surface area contributed by atoms with Crippen LogP contribution in [0.1, 0.15) is 5.56 Å². The van der Waals surface area contributed by atoms with Crippen LogP contribution in [0.4, 0.5) is 5.69 Å². The average molecular weight is 370 g/mol. The van der Waals surface area contributed by atoms with Crippen LogP contribution < -0.4 is 19.5 Å². The molecule has 1 amide bonds. The van der Waals surface area contributed by atoms with Crippen molar-refractivity contribution in [2.45, 2.75) is 0 Å². The molecule has 2 aromatic carbocycles. The van der Waals surface area contributed by atoms with Crippen LogP contribution in [0.25, 0.3) is 6.08 Å². The molecular weight excluding hydrogens is 352 g/mol. The number of aliphatic imine (C=N–C) groups is 1. The van der Waals surface area contributed by atoms with E-state index in [4.69, 9.17) is 14.2 Å². The molecule has 2 aromatic rings. The summed E-state index contributed by atoms with van der Waals surface area (Å²) >= 11 is 1.27. The third kappa shape index (κ3) is 3.83. The van der Waals surface area contributed by atoms with Gasteiger partial charge < -0.3 is 19.5 Å². The first-order chi connectivity index (χ1) is 12.6. The Hall–Kier alpha value is -2.93. The summed E-state index contributed by atoms with van der Waals surface area (Å²) in [6.07, 6.45) is 1.74. The van der Waals surface area contributed by atoms with Crippen molar-refractivity contribution in [2.24, 2.45) is 4.99 Å². The van der Waals surface area contributed by atoms with Gasteiger partial charge in [-0.3, -0.25) is 4.79 Å². The Balaban J connectivity index is 1.93. The SMILES string of the molecule is COc1cc(OC)c(OC)cc1/C=C1\SC(=Nc2ccccc2)NC1=O. The molecule has 0 aliphatic carbocycles. The molecule has 0 aromatic heterocycles. The lowest BCUT2D eigenvalue weighted by Crippen LogP contribution is -2.19. The third-order valence-corrected chi connectivity index (χ3v) is 4.57. The van der Waals surface area contributed by atoms with Gasteiger partial charge in [-0.25, -0.2) is 4.99 Å². The number of ether oxygens (including phenoxy) is 3. The van der Waals surface area contributed by atoms with Crippen LogP contribution >= 0.6 is 11.8 Å². The van der Waals surface area contributed by atoms with Crippen molar-refractivity contribution >= 4 is 34.6 Å². The number of amides is 1. The van der Waals surface area contributed by atoms with Gasteiger partial charge in [-0.2, -0.15) is 0 Å². The van der Waals surface area contributed by atoms with Gasteiger partial charge >= 0.3 is 0 Å². The number of benzene rings is 2. The normalized spacial score (nSPS) is 16.7. The second kappa shape index (κ2) is 7.97. The van der Waals surface area contributed by atoms with Gasteiger partial charge in [0.2, 0.25) is 0 Å². The van der Waals surface area contributed by atoms with Crippen molar-refractivity contribution in [3.8, 4) is 17.2 Å². The third-order valence-electron chi connectivity index (χ3n) is 3.66. The van der Waals surface area contributed by atoms with Gasteiger partial charge in [-0.1, -0.05) is 18.2 Å². The van der Waals surface area contributed by atoms with Gasteiger partial charge in [-0.05, 0) is 36.0 Å². The molecule has 134 valence electrons. The zero-order valence-corrected chi connectivity index (χ0v) is 15.4. The maximum atomic E-state index is 12.3. The summed E-state index contributed by atoms with van der Waals surface area (Å²) < 4.78 is 16.0. The number of carbonyl (C=O) groups is 1. The lowest BCUT2D eigenvalue weighted by atomic mass is 10.1. The molecule has 1 aliphatic heterocycles. The molecule has 3 rings (SSSR count). The van der Waals surface area contributed by atoms with Gasteiger partial charge in [0.05, 0.1) is 31.9 Å². The second-order valence-corrected chi connectivity index (χ2v) is 6.30. The monoisotopic (exact) mass is 370 g/mol. The molecule has 6 nitrogen and oxygen atoms in total. The van der Waals surface area contributed by atoms with E-state index in [1.165, 1.54) is 11.8 Å². The predicted octanol–water partition coefficient (Wildman–Crippen LogP) is 3.60. The summed E-state index contributed by atoms with van der Waals surface area (Å²) in [5.74, 6) is 1.49. The van der Waals surface area contributed by atoms with Gasteiger partial charge in [0, 0.05) is 11.6 Å². The van der Waals surface area contributed by atoms with Crippen LogP contribution in [0, 0.1) is 0 Å². The highest BCUT2D eigenvalue weighted by molar-refractivity contribution is 8.18. The Morgan fingerprint density at radius 2 is 1.62 bits per heavy atom. The van der Waals surface area contributed by atoms with Crippen LogP contribution in [-0.4, -0.2) is 32.4 Å². The van der Waals surface area contributed by atoms with E-state index in [0.29, 0.717) is 32.9 Å². The summed E-state index contributed by atoms with van der Waals surface area (Å²) in [6.45, 7) is 0. The number of amidine groups is 1. The number of hydrogen-bond donors (Lipinski definition) is 1. The summed E-state index contributed by atoms with van der Waals surface area (Å²) in [4.78, 5) is 17.2.